The molecule has 5 nitrogen and oxygen atoms in total. The van der Waals surface area contributed by atoms with Crippen molar-refractivity contribution in [1.29, 1.82) is 0 Å². The van der Waals surface area contributed by atoms with Gasteiger partial charge in [0.2, 0.25) is 0 Å². The molecule has 0 bridgehead atoms. The minimum Gasteiger partial charge on any atom is -0.489 e. The van der Waals surface area contributed by atoms with Crippen LogP contribution in [0.4, 0.5) is 14.5 Å². The molecule has 4 rings (SSSR count). The van der Waals surface area contributed by atoms with Gasteiger partial charge in [0.15, 0.2) is 5.11 Å². The van der Waals surface area contributed by atoms with E-state index in [9.17, 15) is 18.4 Å². The molecule has 0 radical (unpaired) electrons. The summed E-state index contributed by atoms with van der Waals surface area (Å²) in [5.41, 5.74) is 1.29. The van der Waals surface area contributed by atoms with Gasteiger partial charge in [-0.3, -0.25) is 19.8 Å². The molecule has 33 heavy (non-hydrogen) atoms. The maximum Gasteiger partial charge on any atom is 0.270 e. The number of amides is 2. The SMILES string of the molecule is O=C1NC(=S)N(c2ccc(Cl)cc2)C(=O)/C1=C/c1ccc(OCc2cc(F)cc(F)c2)cc1. The average molecular weight is 485 g/mol. The van der Waals surface area contributed by atoms with Gasteiger partial charge in [-0.1, -0.05) is 23.7 Å². The minimum atomic E-state index is -0.682. The number of benzene rings is 3. The lowest BCUT2D eigenvalue weighted by atomic mass is 10.1. The van der Waals surface area contributed by atoms with Gasteiger partial charge in [-0.25, -0.2) is 8.78 Å². The van der Waals surface area contributed by atoms with Crippen LogP contribution in [0.15, 0.2) is 72.3 Å². The van der Waals surface area contributed by atoms with E-state index in [0.717, 1.165) is 6.07 Å². The van der Waals surface area contributed by atoms with Crippen LogP contribution >= 0.6 is 23.8 Å². The number of halogens is 3. The topological polar surface area (TPSA) is 58.6 Å². The van der Waals surface area contributed by atoms with E-state index < -0.39 is 23.4 Å². The first-order valence-corrected chi connectivity index (χ1v) is 10.4. The Morgan fingerprint density at radius 1 is 0.970 bits per heavy atom. The van der Waals surface area contributed by atoms with Crippen LogP contribution in [0.25, 0.3) is 6.08 Å². The van der Waals surface area contributed by atoms with E-state index in [1.807, 2.05) is 0 Å². The van der Waals surface area contributed by atoms with Crippen LogP contribution in [-0.4, -0.2) is 16.9 Å². The Morgan fingerprint density at radius 2 is 1.61 bits per heavy atom. The van der Waals surface area contributed by atoms with Gasteiger partial charge in [0.25, 0.3) is 11.8 Å². The van der Waals surface area contributed by atoms with Gasteiger partial charge < -0.3 is 4.74 Å². The van der Waals surface area contributed by atoms with Crippen molar-refractivity contribution < 1.29 is 23.1 Å². The first-order chi connectivity index (χ1) is 15.8. The van der Waals surface area contributed by atoms with Crippen molar-refractivity contribution in [2.45, 2.75) is 6.61 Å². The smallest absolute Gasteiger partial charge is 0.270 e. The number of rotatable bonds is 5. The van der Waals surface area contributed by atoms with E-state index in [4.69, 9.17) is 28.6 Å². The highest BCUT2D eigenvalue weighted by Gasteiger charge is 2.34. The van der Waals surface area contributed by atoms with E-state index >= 15 is 0 Å². The number of hydrogen-bond donors (Lipinski definition) is 1. The molecule has 9 heteroatoms. The third-order valence-corrected chi connectivity index (χ3v) is 5.24. The van der Waals surface area contributed by atoms with Gasteiger partial charge in [0.05, 0.1) is 5.69 Å². The molecule has 2 amide bonds. The quantitative estimate of drug-likeness (QED) is 0.313. The largest absolute Gasteiger partial charge is 0.489 e. The molecule has 1 aliphatic rings. The molecule has 3 aromatic rings. The molecular formula is C24H15ClF2N2O3S. The molecule has 1 saturated heterocycles. The second-order valence-corrected chi connectivity index (χ2v) is 7.89. The fourth-order valence-corrected chi connectivity index (χ4v) is 3.58. The van der Waals surface area contributed by atoms with E-state index in [0.29, 0.717) is 27.6 Å². The van der Waals surface area contributed by atoms with Crippen molar-refractivity contribution in [3.05, 3.63) is 100 Å². The molecule has 1 aliphatic heterocycles. The van der Waals surface area contributed by atoms with Crippen LogP contribution in [0.5, 0.6) is 5.75 Å². The Hall–Kier alpha value is -3.62. The molecule has 1 fully saturated rings. The van der Waals surface area contributed by atoms with Gasteiger partial charge in [-0.2, -0.15) is 0 Å². The average Bonchev–Trinajstić information content (AvgIpc) is 2.76. The summed E-state index contributed by atoms with van der Waals surface area (Å²) in [6.07, 6.45) is 1.44. The molecule has 0 unspecified atom stereocenters. The zero-order chi connectivity index (χ0) is 23.5. The summed E-state index contributed by atoms with van der Waals surface area (Å²) in [5, 5.41) is 2.99. The van der Waals surface area contributed by atoms with Gasteiger partial charge >= 0.3 is 0 Å². The Labute approximate surface area is 198 Å². The molecule has 0 atom stereocenters. The van der Waals surface area contributed by atoms with E-state index in [2.05, 4.69) is 5.32 Å². The highest BCUT2D eigenvalue weighted by Crippen LogP contribution is 2.24. The molecule has 3 aromatic carbocycles. The zero-order valence-electron chi connectivity index (χ0n) is 16.8. The van der Waals surface area contributed by atoms with Gasteiger partial charge in [-0.05, 0) is 78.0 Å². The van der Waals surface area contributed by atoms with Crippen LogP contribution in [0, 0.1) is 11.6 Å². The van der Waals surface area contributed by atoms with Gasteiger partial charge in [0.1, 0.15) is 29.6 Å². The molecule has 0 saturated carbocycles. The first-order valence-electron chi connectivity index (χ1n) is 9.65. The second kappa shape index (κ2) is 9.48. The Balaban J connectivity index is 1.51. The first kappa shape index (κ1) is 22.6. The van der Waals surface area contributed by atoms with Crippen molar-refractivity contribution in [3.8, 4) is 5.75 Å². The molecule has 0 aromatic heterocycles. The number of carbonyl (C=O) groups is 2. The lowest BCUT2D eigenvalue weighted by Crippen LogP contribution is -2.54. The van der Waals surface area contributed by atoms with Crippen molar-refractivity contribution >= 4 is 52.5 Å². The van der Waals surface area contributed by atoms with Crippen LogP contribution < -0.4 is 15.0 Å². The second-order valence-electron chi connectivity index (χ2n) is 7.07. The maximum absolute atomic E-state index is 13.3. The molecule has 1 heterocycles. The third-order valence-electron chi connectivity index (χ3n) is 4.71. The predicted octanol–water partition coefficient (Wildman–Crippen LogP) is 5.03. The van der Waals surface area contributed by atoms with Gasteiger partial charge in [-0.15, -0.1) is 0 Å². The Bertz CT molecular complexity index is 1260. The summed E-state index contributed by atoms with van der Waals surface area (Å²) < 4.78 is 32.1. The normalized spacial score (nSPS) is 15.1. The zero-order valence-corrected chi connectivity index (χ0v) is 18.4. The molecule has 0 spiro atoms. The van der Waals surface area contributed by atoms with Crippen molar-refractivity contribution in [1.82, 2.24) is 5.32 Å². The van der Waals surface area contributed by atoms with Crippen LogP contribution in [0.2, 0.25) is 5.02 Å². The summed E-state index contributed by atoms with van der Waals surface area (Å²) in [6, 6.07) is 16.2. The van der Waals surface area contributed by atoms with Crippen LogP contribution in [-0.2, 0) is 16.2 Å². The number of ether oxygens (including phenoxy) is 1. The summed E-state index contributed by atoms with van der Waals surface area (Å²) in [4.78, 5) is 26.6. The lowest BCUT2D eigenvalue weighted by Gasteiger charge is -2.28. The van der Waals surface area contributed by atoms with E-state index in [1.54, 1.807) is 48.5 Å². The summed E-state index contributed by atoms with van der Waals surface area (Å²) >= 11 is 11.1. The highest BCUT2D eigenvalue weighted by atomic mass is 35.5. The molecule has 1 N–H and O–H groups in total. The van der Waals surface area contributed by atoms with Crippen LogP contribution in [0.3, 0.4) is 0 Å². The molecule has 166 valence electrons. The van der Waals surface area contributed by atoms with Gasteiger partial charge in [0, 0.05) is 11.1 Å². The standard InChI is InChI=1S/C24H15ClF2N2O3S/c25-16-3-5-19(6-4-16)29-23(31)21(22(30)28-24(29)33)11-14-1-7-20(8-2-14)32-13-15-9-17(26)12-18(27)10-15/h1-12H,13H2,(H,28,30,33)/b21-11+. The van der Waals surface area contributed by atoms with Crippen molar-refractivity contribution in [3.63, 3.8) is 0 Å². The maximum atomic E-state index is 13.3. The summed E-state index contributed by atoms with van der Waals surface area (Å²) in [7, 11) is 0. The number of thiocarbonyl (C=S) groups is 1. The third kappa shape index (κ3) is 5.24. The van der Waals surface area contributed by atoms with E-state index in [-0.39, 0.29) is 17.3 Å². The highest BCUT2D eigenvalue weighted by molar-refractivity contribution is 7.80. The summed E-state index contributed by atoms with van der Waals surface area (Å²) in [6.45, 7) is -0.0243. The predicted molar refractivity (Wildman–Crippen MR) is 125 cm³/mol. The number of nitrogens with one attached hydrogen (secondary N) is 1. The number of nitrogens with zero attached hydrogens (tertiary/aromatic N) is 1. The fourth-order valence-electron chi connectivity index (χ4n) is 3.17. The Morgan fingerprint density at radius 3 is 2.24 bits per heavy atom. The Kier molecular flexibility index (Phi) is 6.48. The minimum absolute atomic E-state index is 0.0243. The van der Waals surface area contributed by atoms with Crippen LogP contribution in [0.1, 0.15) is 11.1 Å². The molecular weight excluding hydrogens is 470 g/mol. The number of carbonyl (C=O) groups excluding carboxylic acids is 2. The fraction of sp³-hybridized carbons (Fsp3) is 0.0417. The monoisotopic (exact) mass is 484 g/mol. The van der Waals surface area contributed by atoms with Crippen molar-refractivity contribution in [2.24, 2.45) is 0 Å². The number of anilines is 1. The number of hydrogen-bond acceptors (Lipinski definition) is 4. The molecule has 0 aliphatic carbocycles. The summed E-state index contributed by atoms with van der Waals surface area (Å²) in [5.74, 6) is -2.09. The lowest BCUT2D eigenvalue weighted by molar-refractivity contribution is -0.122. The van der Waals surface area contributed by atoms with E-state index in [1.165, 1.54) is 23.1 Å². The van der Waals surface area contributed by atoms with Crippen molar-refractivity contribution in [2.75, 3.05) is 4.90 Å².